The van der Waals surface area contributed by atoms with Gasteiger partial charge in [-0.25, -0.2) is 0 Å². The van der Waals surface area contributed by atoms with Gasteiger partial charge in [0.05, 0.1) is 14.2 Å². The van der Waals surface area contributed by atoms with Crippen molar-refractivity contribution in [1.29, 1.82) is 0 Å². The van der Waals surface area contributed by atoms with Gasteiger partial charge in [0.1, 0.15) is 11.5 Å². The highest BCUT2D eigenvalue weighted by molar-refractivity contribution is 5.77. The summed E-state index contributed by atoms with van der Waals surface area (Å²) >= 11 is 0. The Morgan fingerprint density at radius 1 is 1.18 bits per heavy atom. The highest BCUT2D eigenvalue weighted by Crippen LogP contribution is 2.31. The lowest BCUT2D eigenvalue weighted by Crippen LogP contribution is -2.42. The van der Waals surface area contributed by atoms with E-state index in [1.54, 1.807) is 14.2 Å². The van der Waals surface area contributed by atoms with Gasteiger partial charge in [-0.2, -0.15) is 0 Å². The third kappa shape index (κ3) is 5.22. The van der Waals surface area contributed by atoms with E-state index in [2.05, 4.69) is 39.2 Å². The van der Waals surface area contributed by atoms with Gasteiger partial charge in [0.25, 0.3) is 0 Å². The van der Waals surface area contributed by atoms with Crippen molar-refractivity contribution < 1.29 is 9.47 Å². The number of likely N-dealkylation sites (N-methyl/N-ethyl adjacent to an activating group) is 1. The minimum absolute atomic E-state index is 0.510. The van der Waals surface area contributed by atoms with E-state index >= 15 is 0 Å². The van der Waals surface area contributed by atoms with Gasteiger partial charge in [0.15, 0.2) is 5.96 Å². The molecule has 2 aliphatic heterocycles. The van der Waals surface area contributed by atoms with Gasteiger partial charge in [-0.05, 0) is 38.3 Å². The van der Waals surface area contributed by atoms with Crippen LogP contribution in [-0.4, -0.2) is 70.4 Å². The molecular weight excluding hydrogens is 354 g/mol. The molecule has 28 heavy (non-hydrogen) atoms. The highest BCUT2D eigenvalue weighted by atomic mass is 16.5. The molecule has 3 rings (SSSR count). The van der Waals surface area contributed by atoms with Gasteiger partial charge < -0.3 is 25.4 Å². The smallest absolute Gasteiger partial charge is 0.188 e. The maximum absolute atomic E-state index is 6.11. The molecule has 156 valence electrons. The Balaban J connectivity index is 1.48. The second kappa shape index (κ2) is 9.87. The molecule has 0 amide bonds. The summed E-state index contributed by atoms with van der Waals surface area (Å²) in [4.78, 5) is 9.48. The van der Waals surface area contributed by atoms with Crippen LogP contribution in [0.1, 0.15) is 26.2 Å². The minimum Gasteiger partial charge on any atom is -0.497 e. The summed E-state index contributed by atoms with van der Waals surface area (Å²) in [6.07, 6.45) is 3.64. The molecule has 1 aromatic carbocycles. The second-order valence-corrected chi connectivity index (χ2v) is 7.70. The van der Waals surface area contributed by atoms with Crippen LogP contribution >= 0.6 is 0 Å². The van der Waals surface area contributed by atoms with E-state index in [4.69, 9.17) is 15.2 Å². The molecule has 2 saturated heterocycles. The van der Waals surface area contributed by atoms with E-state index in [0.717, 1.165) is 56.3 Å². The first-order chi connectivity index (χ1) is 13.6. The number of nitrogens with two attached hydrogens (primary N) is 1. The fourth-order valence-electron chi connectivity index (χ4n) is 4.24. The zero-order chi connectivity index (χ0) is 19.9. The molecule has 0 radical (unpaired) electrons. The van der Waals surface area contributed by atoms with Crippen LogP contribution in [0.2, 0.25) is 0 Å². The molecule has 0 aromatic heterocycles. The standard InChI is InChI=1S/C21H35N5O2/c1-4-25-8-5-6-17(25)14-24-21(22)23-13-16-7-9-26(15-16)18-10-19(27-2)12-20(11-18)28-3/h10-12,16-17H,4-9,13-15H2,1-3H3,(H3,22,23,24). The molecule has 2 unspecified atom stereocenters. The first-order valence-corrected chi connectivity index (χ1v) is 10.4. The quantitative estimate of drug-likeness (QED) is 0.523. The molecule has 0 aliphatic carbocycles. The fraction of sp³-hybridized carbons (Fsp3) is 0.667. The number of likely N-dealkylation sites (tertiary alicyclic amines) is 1. The summed E-state index contributed by atoms with van der Waals surface area (Å²) in [5, 5.41) is 3.33. The van der Waals surface area contributed by atoms with Gasteiger partial charge >= 0.3 is 0 Å². The molecule has 7 heteroatoms. The van der Waals surface area contributed by atoms with Crippen molar-refractivity contribution in [2.75, 3.05) is 58.4 Å². The maximum Gasteiger partial charge on any atom is 0.188 e. The van der Waals surface area contributed by atoms with Crippen molar-refractivity contribution in [2.45, 2.75) is 32.2 Å². The maximum atomic E-state index is 6.11. The molecule has 3 N–H and O–H groups in total. The number of aliphatic imine (C=N–C) groups is 1. The Kier molecular flexibility index (Phi) is 7.25. The van der Waals surface area contributed by atoms with E-state index in [-0.39, 0.29) is 0 Å². The zero-order valence-corrected chi connectivity index (χ0v) is 17.5. The largest absolute Gasteiger partial charge is 0.497 e. The predicted octanol–water partition coefficient (Wildman–Crippen LogP) is 1.92. The van der Waals surface area contributed by atoms with Gasteiger partial charge in [-0.3, -0.25) is 9.89 Å². The fourth-order valence-corrected chi connectivity index (χ4v) is 4.24. The average molecular weight is 390 g/mol. The van der Waals surface area contributed by atoms with E-state index in [0.29, 0.717) is 17.9 Å². The van der Waals surface area contributed by atoms with Crippen LogP contribution in [0.4, 0.5) is 5.69 Å². The molecule has 7 nitrogen and oxygen atoms in total. The van der Waals surface area contributed by atoms with Crippen LogP contribution in [0.5, 0.6) is 11.5 Å². The number of methoxy groups -OCH3 is 2. The lowest BCUT2D eigenvalue weighted by Gasteiger charge is -2.23. The predicted molar refractivity (Wildman–Crippen MR) is 115 cm³/mol. The lowest BCUT2D eigenvalue weighted by atomic mass is 10.1. The number of rotatable bonds is 8. The monoisotopic (exact) mass is 389 g/mol. The average Bonchev–Trinajstić information content (AvgIpc) is 3.39. The third-order valence-electron chi connectivity index (χ3n) is 5.93. The number of guanidine groups is 1. The Labute approximate surface area is 168 Å². The molecule has 2 fully saturated rings. The van der Waals surface area contributed by atoms with Crippen LogP contribution in [0.25, 0.3) is 0 Å². The number of benzene rings is 1. The summed E-state index contributed by atoms with van der Waals surface area (Å²) in [6.45, 7) is 8.17. The lowest BCUT2D eigenvalue weighted by molar-refractivity contribution is 0.267. The minimum atomic E-state index is 0.510. The van der Waals surface area contributed by atoms with Gasteiger partial charge in [-0.1, -0.05) is 6.92 Å². The van der Waals surface area contributed by atoms with Crippen LogP contribution in [0, 0.1) is 5.92 Å². The van der Waals surface area contributed by atoms with Gasteiger partial charge in [-0.15, -0.1) is 0 Å². The van der Waals surface area contributed by atoms with Crippen LogP contribution in [-0.2, 0) is 0 Å². The van der Waals surface area contributed by atoms with E-state index in [1.165, 1.54) is 19.4 Å². The van der Waals surface area contributed by atoms with E-state index in [9.17, 15) is 0 Å². The summed E-state index contributed by atoms with van der Waals surface area (Å²) in [5.74, 6) is 2.72. The molecule has 2 heterocycles. The summed E-state index contributed by atoms with van der Waals surface area (Å²) in [6, 6.07) is 6.61. The number of anilines is 1. The molecular formula is C21H35N5O2. The molecule has 0 spiro atoms. The van der Waals surface area contributed by atoms with E-state index in [1.807, 2.05) is 6.07 Å². The van der Waals surface area contributed by atoms with Crippen LogP contribution < -0.4 is 25.4 Å². The number of nitrogens with zero attached hydrogens (tertiary/aromatic N) is 3. The van der Waals surface area contributed by atoms with Crippen LogP contribution in [0.15, 0.2) is 23.2 Å². The van der Waals surface area contributed by atoms with Crippen LogP contribution in [0.3, 0.4) is 0 Å². The third-order valence-corrected chi connectivity index (χ3v) is 5.93. The molecule has 1 aromatic rings. The van der Waals surface area contributed by atoms with Crippen molar-refractivity contribution in [3.8, 4) is 11.5 Å². The highest BCUT2D eigenvalue weighted by Gasteiger charge is 2.24. The summed E-state index contributed by atoms with van der Waals surface area (Å²) in [5.41, 5.74) is 7.25. The zero-order valence-electron chi connectivity index (χ0n) is 17.5. The van der Waals surface area contributed by atoms with Crippen molar-refractivity contribution >= 4 is 11.6 Å². The topological polar surface area (TPSA) is 75.4 Å². The molecule has 0 saturated carbocycles. The van der Waals surface area contributed by atoms with Crippen molar-refractivity contribution in [2.24, 2.45) is 16.6 Å². The van der Waals surface area contributed by atoms with E-state index < -0.39 is 0 Å². The Bertz CT molecular complexity index is 644. The SMILES string of the molecule is CCN1CCCC1CNC(N)=NCC1CCN(c2cc(OC)cc(OC)c2)C1. The second-order valence-electron chi connectivity index (χ2n) is 7.70. The Morgan fingerprint density at radius 3 is 2.61 bits per heavy atom. The Hall–Kier alpha value is -2.15. The molecule has 0 bridgehead atoms. The Morgan fingerprint density at radius 2 is 1.93 bits per heavy atom. The first-order valence-electron chi connectivity index (χ1n) is 10.4. The number of hydrogen-bond acceptors (Lipinski definition) is 5. The summed E-state index contributed by atoms with van der Waals surface area (Å²) in [7, 11) is 3.36. The number of ether oxygens (including phenoxy) is 2. The number of hydrogen-bond donors (Lipinski definition) is 2. The number of nitrogens with one attached hydrogen (secondary N) is 1. The normalized spacial score (nSPS) is 23.2. The van der Waals surface area contributed by atoms with Gasteiger partial charge in [0, 0.05) is 56.1 Å². The van der Waals surface area contributed by atoms with Gasteiger partial charge in [0.2, 0.25) is 0 Å². The molecule has 2 aliphatic rings. The van der Waals surface area contributed by atoms with Crippen molar-refractivity contribution in [3.63, 3.8) is 0 Å². The summed E-state index contributed by atoms with van der Waals surface area (Å²) < 4.78 is 10.8. The van der Waals surface area contributed by atoms with Crippen molar-refractivity contribution in [1.82, 2.24) is 10.2 Å². The van der Waals surface area contributed by atoms with Crippen molar-refractivity contribution in [3.05, 3.63) is 18.2 Å². The molecule has 2 atom stereocenters. The first kappa shape index (κ1) is 20.6.